The van der Waals surface area contributed by atoms with Crippen LogP contribution < -0.4 is 15.6 Å². The van der Waals surface area contributed by atoms with Gasteiger partial charge in [-0.2, -0.15) is 0 Å². The molecule has 0 aliphatic rings. The van der Waals surface area contributed by atoms with E-state index in [2.05, 4.69) is 10.3 Å². The molecule has 0 spiro atoms. The molecule has 0 saturated heterocycles. The van der Waals surface area contributed by atoms with Crippen LogP contribution in [0.2, 0.25) is 0 Å². The zero-order chi connectivity index (χ0) is 17.1. The largest absolute Gasteiger partial charge is 0.497 e. The summed E-state index contributed by atoms with van der Waals surface area (Å²) in [6.07, 6.45) is 0.687. The predicted octanol–water partition coefficient (Wildman–Crippen LogP) is 2.68. The summed E-state index contributed by atoms with van der Waals surface area (Å²) < 4.78 is 5.26. The summed E-state index contributed by atoms with van der Waals surface area (Å²) in [6, 6.07) is 14.8. The summed E-state index contributed by atoms with van der Waals surface area (Å²) in [5, 5.41) is 3.77. The number of hydrogen-bond donors (Lipinski definition) is 2. The van der Waals surface area contributed by atoms with Crippen LogP contribution in [0.4, 0.5) is 0 Å². The van der Waals surface area contributed by atoms with E-state index in [-0.39, 0.29) is 11.6 Å². The number of hydrogen-bond acceptors (Lipinski definition) is 3. The SMILES string of the molecule is COc1cccc(C(NC=O)c2ccc3[nH]c(=O)c(C)cc3c2)c1. The highest BCUT2D eigenvalue weighted by Gasteiger charge is 2.15. The van der Waals surface area contributed by atoms with Crippen molar-refractivity contribution in [1.29, 1.82) is 0 Å². The molecule has 3 rings (SSSR count). The number of nitrogens with one attached hydrogen (secondary N) is 2. The maximum atomic E-state index is 11.7. The first-order valence-corrected chi connectivity index (χ1v) is 7.59. The van der Waals surface area contributed by atoms with Crippen LogP contribution in [0.1, 0.15) is 22.7 Å². The van der Waals surface area contributed by atoms with E-state index < -0.39 is 0 Å². The van der Waals surface area contributed by atoms with Crippen LogP contribution in [0.15, 0.2) is 53.3 Å². The van der Waals surface area contributed by atoms with Crippen molar-refractivity contribution in [3.8, 4) is 5.75 Å². The number of amides is 1. The monoisotopic (exact) mass is 322 g/mol. The van der Waals surface area contributed by atoms with Gasteiger partial charge in [0.05, 0.1) is 13.2 Å². The Balaban J connectivity index is 2.10. The van der Waals surface area contributed by atoms with Crippen molar-refractivity contribution < 1.29 is 9.53 Å². The molecule has 0 saturated carbocycles. The maximum Gasteiger partial charge on any atom is 0.251 e. The van der Waals surface area contributed by atoms with Crippen LogP contribution in [0.5, 0.6) is 5.75 Å². The molecular weight excluding hydrogens is 304 g/mol. The number of aryl methyl sites for hydroxylation is 1. The molecule has 1 atom stereocenters. The van der Waals surface area contributed by atoms with E-state index in [0.717, 1.165) is 27.8 Å². The number of benzene rings is 2. The number of carbonyl (C=O) groups is 1. The van der Waals surface area contributed by atoms with E-state index in [4.69, 9.17) is 4.74 Å². The standard InChI is InChI=1S/C19H18N2O3/c1-12-8-15-9-14(6-7-17(15)21-19(12)23)18(20-11-22)13-4-3-5-16(10-13)24-2/h3-11,18H,1-2H3,(H,20,22)(H,21,23). The number of fused-ring (bicyclic) bond motifs is 1. The number of carbonyl (C=O) groups excluding carboxylic acids is 1. The summed E-state index contributed by atoms with van der Waals surface area (Å²) >= 11 is 0. The fraction of sp³-hybridized carbons (Fsp3) is 0.158. The van der Waals surface area contributed by atoms with Gasteiger partial charge in [0.15, 0.2) is 0 Å². The van der Waals surface area contributed by atoms with Gasteiger partial charge in [0.2, 0.25) is 6.41 Å². The zero-order valence-corrected chi connectivity index (χ0v) is 13.5. The molecule has 0 aliphatic heterocycles. The van der Waals surface area contributed by atoms with Crippen molar-refractivity contribution in [3.63, 3.8) is 0 Å². The Morgan fingerprint density at radius 3 is 2.67 bits per heavy atom. The molecule has 0 fully saturated rings. The molecule has 1 unspecified atom stereocenters. The quantitative estimate of drug-likeness (QED) is 0.710. The van der Waals surface area contributed by atoms with Gasteiger partial charge in [0, 0.05) is 11.1 Å². The Morgan fingerprint density at radius 1 is 1.12 bits per heavy atom. The van der Waals surface area contributed by atoms with Gasteiger partial charge in [-0.3, -0.25) is 9.59 Å². The molecule has 5 nitrogen and oxygen atoms in total. The fourth-order valence-electron chi connectivity index (χ4n) is 2.79. The Labute approximate surface area is 139 Å². The third-order valence-electron chi connectivity index (χ3n) is 4.05. The molecule has 5 heteroatoms. The van der Waals surface area contributed by atoms with Gasteiger partial charge in [0.1, 0.15) is 5.75 Å². The first-order chi connectivity index (χ1) is 11.6. The van der Waals surface area contributed by atoms with Gasteiger partial charge >= 0.3 is 0 Å². The topological polar surface area (TPSA) is 71.2 Å². The molecule has 2 aromatic carbocycles. The van der Waals surface area contributed by atoms with Gasteiger partial charge < -0.3 is 15.0 Å². The van der Waals surface area contributed by atoms with Crippen molar-refractivity contribution in [1.82, 2.24) is 10.3 Å². The molecule has 1 amide bonds. The smallest absolute Gasteiger partial charge is 0.251 e. The van der Waals surface area contributed by atoms with Crippen LogP contribution in [0, 0.1) is 6.92 Å². The predicted molar refractivity (Wildman–Crippen MR) is 93.3 cm³/mol. The van der Waals surface area contributed by atoms with Gasteiger partial charge in [0.25, 0.3) is 5.56 Å². The van der Waals surface area contributed by atoms with Crippen molar-refractivity contribution in [2.24, 2.45) is 0 Å². The van der Waals surface area contributed by atoms with E-state index in [1.165, 1.54) is 0 Å². The lowest BCUT2D eigenvalue weighted by Gasteiger charge is -2.18. The molecule has 1 heterocycles. The third-order valence-corrected chi connectivity index (χ3v) is 4.05. The van der Waals surface area contributed by atoms with Gasteiger partial charge in [-0.25, -0.2) is 0 Å². The summed E-state index contributed by atoms with van der Waals surface area (Å²) in [4.78, 5) is 25.7. The molecular formula is C19H18N2O3. The number of methoxy groups -OCH3 is 1. The van der Waals surface area contributed by atoms with Gasteiger partial charge in [-0.15, -0.1) is 0 Å². The molecule has 3 aromatic rings. The highest BCUT2D eigenvalue weighted by Crippen LogP contribution is 2.27. The summed E-state index contributed by atoms with van der Waals surface area (Å²) in [7, 11) is 1.61. The zero-order valence-electron chi connectivity index (χ0n) is 13.5. The van der Waals surface area contributed by atoms with Crippen molar-refractivity contribution >= 4 is 17.3 Å². The van der Waals surface area contributed by atoms with E-state index >= 15 is 0 Å². The highest BCUT2D eigenvalue weighted by molar-refractivity contribution is 5.80. The molecule has 24 heavy (non-hydrogen) atoms. The van der Waals surface area contributed by atoms with Crippen LogP contribution >= 0.6 is 0 Å². The number of ether oxygens (including phenoxy) is 1. The van der Waals surface area contributed by atoms with Crippen LogP contribution in [-0.4, -0.2) is 18.5 Å². The Hall–Kier alpha value is -3.08. The maximum absolute atomic E-state index is 11.7. The van der Waals surface area contributed by atoms with Crippen LogP contribution in [-0.2, 0) is 4.79 Å². The Kier molecular flexibility index (Phi) is 4.33. The molecule has 0 aliphatic carbocycles. The summed E-state index contributed by atoms with van der Waals surface area (Å²) in [5.74, 6) is 0.728. The Bertz CT molecular complexity index is 947. The molecule has 122 valence electrons. The molecule has 0 bridgehead atoms. The number of rotatable bonds is 5. The number of pyridine rings is 1. The summed E-state index contributed by atoms with van der Waals surface area (Å²) in [5.41, 5.74) is 3.17. The van der Waals surface area contributed by atoms with Crippen LogP contribution in [0.25, 0.3) is 10.9 Å². The normalized spacial score (nSPS) is 11.9. The average molecular weight is 322 g/mol. The van der Waals surface area contributed by atoms with Crippen LogP contribution in [0.3, 0.4) is 0 Å². The lowest BCUT2D eigenvalue weighted by atomic mass is 9.97. The highest BCUT2D eigenvalue weighted by atomic mass is 16.5. The Morgan fingerprint density at radius 2 is 1.92 bits per heavy atom. The van der Waals surface area contributed by atoms with E-state index in [1.807, 2.05) is 48.5 Å². The second kappa shape index (κ2) is 6.58. The average Bonchev–Trinajstić information content (AvgIpc) is 2.60. The van der Waals surface area contributed by atoms with E-state index in [0.29, 0.717) is 12.0 Å². The van der Waals surface area contributed by atoms with Crippen molar-refractivity contribution in [3.05, 3.63) is 75.6 Å². The summed E-state index contributed by atoms with van der Waals surface area (Å²) in [6.45, 7) is 1.77. The van der Waals surface area contributed by atoms with E-state index in [9.17, 15) is 9.59 Å². The molecule has 1 aromatic heterocycles. The molecule has 2 N–H and O–H groups in total. The van der Waals surface area contributed by atoms with E-state index in [1.54, 1.807) is 14.0 Å². The first kappa shape index (κ1) is 15.8. The lowest BCUT2D eigenvalue weighted by molar-refractivity contribution is -0.110. The fourth-order valence-corrected chi connectivity index (χ4v) is 2.79. The second-order valence-corrected chi connectivity index (χ2v) is 5.62. The first-order valence-electron chi connectivity index (χ1n) is 7.59. The lowest BCUT2D eigenvalue weighted by Crippen LogP contribution is -2.20. The van der Waals surface area contributed by atoms with Gasteiger partial charge in [-0.05, 0) is 53.8 Å². The second-order valence-electron chi connectivity index (χ2n) is 5.62. The number of aromatic amines is 1. The third kappa shape index (κ3) is 3.01. The minimum atomic E-state index is -0.297. The number of H-pyrrole nitrogens is 1. The minimum Gasteiger partial charge on any atom is -0.497 e. The molecule has 0 radical (unpaired) electrons. The van der Waals surface area contributed by atoms with Crippen molar-refractivity contribution in [2.45, 2.75) is 13.0 Å². The van der Waals surface area contributed by atoms with Crippen molar-refractivity contribution in [2.75, 3.05) is 7.11 Å². The number of aromatic nitrogens is 1. The van der Waals surface area contributed by atoms with Gasteiger partial charge in [-0.1, -0.05) is 18.2 Å². The minimum absolute atomic E-state index is 0.0920.